The van der Waals surface area contributed by atoms with E-state index in [1.165, 1.54) is 11.1 Å². The van der Waals surface area contributed by atoms with Gasteiger partial charge in [0.25, 0.3) is 5.91 Å². The van der Waals surface area contributed by atoms with Crippen LogP contribution >= 0.6 is 0 Å². The van der Waals surface area contributed by atoms with Gasteiger partial charge < -0.3 is 10.6 Å². The van der Waals surface area contributed by atoms with E-state index < -0.39 is 0 Å². The van der Waals surface area contributed by atoms with Gasteiger partial charge in [0, 0.05) is 24.6 Å². The number of amides is 1. The van der Waals surface area contributed by atoms with Crippen LogP contribution in [0.2, 0.25) is 0 Å². The molecule has 1 amide bonds. The molecule has 0 aliphatic carbocycles. The van der Waals surface area contributed by atoms with Gasteiger partial charge in [-0.15, -0.1) is 0 Å². The average molecular weight is 332 g/mol. The summed E-state index contributed by atoms with van der Waals surface area (Å²) in [5.41, 5.74) is 5.64. The molecule has 0 saturated carbocycles. The smallest absolute Gasteiger partial charge is 0.270 e. The fourth-order valence-electron chi connectivity index (χ4n) is 2.53. The van der Waals surface area contributed by atoms with Crippen LogP contribution in [0.3, 0.4) is 0 Å². The molecule has 5 nitrogen and oxygen atoms in total. The highest BCUT2D eigenvalue weighted by molar-refractivity contribution is 5.92. The molecule has 0 radical (unpaired) electrons. The lowest BCUT2D eigenvalue weighted by atomic mass is 10.1. The molecular weight excluding hydrogens is 312 g/mol. The Labute approximate surface area is 147 Å². The Morgan fingerprint density at radius 1 is 1.00 bits per heavy atom. The molecule has 0 spiro atoms. The van der Waals surface area contributed by atoms with Crippen molar-refractivity contribution in [2.45, 2.75) is 20.4 Å². The Bertz CT molecular complexity index is 840. The maximum atomic E-state index is 12.2. The molecule has 0 fully saturated rings. The molecule has 126 valence electrons. The number of hydrogen-bond acceptors (Lipinski definition) is 4. The Balaban J connectivity index is 1.64. The molecule has 0 aliphatic rings. The average Bonchev–Trinajstić information content (AvgIpc) is 2.64. The fourth-order valence-corrected chi connectivity index (χ4v) is 2.53. The maximum absolute atomic E-state index is 12.2. The van der Waals surface area contributed by atoms with Gasteiger partial charge in [0.2, 0.25) is 0 Å². The van der Waals surface area contributed by atoms with E-state index >= 15 is 0 Å². The molecule has 5 heteroatoms. The predicted octanol–water partition coefficient (Wildman–Crippen LogP) is 3.77. The summed E-state index contributed by atoms with van der Waals surface area (Å²) in [6.07, 6.45) is 5.08. The molecule has 0 saturated heterocycles. The lowest BCUT2D eigenvalue weighted by Gasteiger charge is -2.12. The van der Waals surface area contributed by atoms with E-state index in [9.17, 15) is 4.79 Å². The highest BCUT2D eigenvalue weighted by Crippen LogP contribution is 2.23. The Kier molecular flexibility index (Phi) is 5.04. The molecule has 0 aliphatic heterocycles. The second kappa shape index (κ2) is 7.57. The van der Waals surface area contributed by atoms with Gasteiger partial charge in [-0.3, -0.25) is 9.78 Å². The Morgan fingerprint density at radius 2 is 1.72 bits per heavy atom. The van der Waals surface area contributed by atoms with E-state index in [0.29, 0.717) is 12.2 Å². The lowest BCUT2D eigenvalue weighted by Crippen LogP contribution is -2.23. The zero-order valence-electron chi connectivity index (χ0n) is 14.3. The van der Waals surface area contributed by atoms with Crippen molar-refractivity contribution in [3.8, 4) is 0 Å². The number of aryl methyl sites for hydroxylation is 2. The second-order valence-corrected chi connectivity index (χ2v) is 5.86. The summed E-state index contributed by atoms with van der Waals surface area (Å²) in [6, 6.07) is 13.5. The van der Waals surface area contributed by atoms with Crippen molar-refractivity contribution >= 4 is 17.3 Å². The summed E-state index contributed by atoms with van der Waals surface area (Å²) in [6.45, 7) is 4.57. The van der Waals surface area contributed by atoms with Crippen molar-refractivity contribution in [3.05, 3.63) is 83.4 Å². The molecule has 0 bridgehead atoms. The first kappa shape index (κ1) is 16.6. The third kappa shape index (κ3) is 4.20. The fraction of sp³-hybridized carbons (Fsp3) is 0.150. The number of benzene rings is 1. The zero-order chi connectivity index (χ0) is 17.6. The Hall–Kier alpha value is -3.21. The van der Waals surface area contributed by atoms with E-state index in [0.717, 1.165) is 16.9 Å². The van der Waals surface area contributed by atoms with Gasteiger partial charge in [-0.1, -0.05) is 18.2 Å². The summed E-state index contributed by atoms with van der Waals surface area (Å²) in [5.74, 6) is -0.199. The molecule has 25 heavy (non-hydrogen) atoms. The number of nitrogens with one attached hydrogen (secondary N) is 2. The third-order valence-corrected chi connectivity index (χ3v) is 3.95. The van der Waals surface area contributed by atoms with Gasteiger partial charge in [0.05, 0.1) is 11.9 Å². The standard InChI is InChI=1S/C20H20N4O/c1-14-4-3-5-15(2)19(14)24-17-6-7-18(22-13-17)20(25)23-12-16-8-10-21-11-9-16/h3-11,13,24H,12H2,1-2H3,(H,23,25). The predicted molar refractivity (Wildman–Crippen MR) is 98.8 cm³/mol. The first-order valence-corrected chi connectivity index (χ1v) is 8.10. The monoisotopic (exact) mass is 332 g/mol. The van der Waals surface area contributed by atoms with Crippen LogP contribution in [-0.4, -0.2) is 15.9 Å². The number of nitrogens with zero attached hydrogens (tertiary/aromatic N) is 2. The number of rotatable bonds is 5. The second-order valence-electron chi connectivity index (χ2n) is 5.86. The van der Waals surface area contributed by atoms with Crippen LogP contribution in [-0.2, 0) is 6.54 Å². The number of pyridine rings is 2. The summed E-state index contributed by atoms with van der Waals surface area (Å²) in [7, 11) is 0. The quantitative estimate of drug-likeness (QED) is 0.746. The van der Waals surface area contributed by atoms with E-state index in [-0.39, 0.29) is 5.91 Å². The van der Waals surface area contributed by atoms with E-state index in [4.69, 9.17) is 0 Å². The first-order valence-electron chi connectivity index (χ1n) is 8.10. The van der Waals surface area contributed by atoms with Crippen molar-refractivity contribution < 1.29 is 4.79 Å². The van der Waals surface area contributed by atoms with Crippen LogP contribution in [0.4, 0.5) is 11.4 Å². The summed E-state index contributed by atoms with van der Waals surface area (Å²) < 4.78 is 0. The van der Waals surface area contributed by atoms with Crippen LogP contribution in [0.15, 0.2) is 61.1 Å². The minimum Gasteiger partial charge on any atom is -0.354 e. The SMILES string of the molecule is Cc1cccc(C)c1Nc1ccc(C(=O)NCc2ccncc2)nc1. The normalized spacial score (nSPS) is 10.3. The summed E-state index contributed by atoms with van der Waals surface area (Å²) >= 11 is 0. The van der Waals surface area contributed by atoms with Crippen molar-refractivity contribution in [2.75, 3.05) is 5.32 Å². The summed E-state index contributed by atoms with van der Waals surface area (Å²) in [4.78, 5) is 20.4. The molecule has 0 atom stereocenters. The van der Waals surface area contributed by atoms with Gasteiger partial charge in [-0.25, -0.2) is 4.98 Å². The van der Waals surface area contributed by atoms with Crippen LogP contribution < -0.4 is 10.6 Å². The van der Waals surface area contributed by atoms with Gasteiger partial charge in [-0.05, 0) is 54.8 Å². The molecule has 2 aromatic heterocycles. The highest BCUT2D eigenvalue weighted by atomic mass is 16.1. The number of para-hydroxylation sites is 1. The van der Waals surface area contributed by atoms with Crippen molar-refractivity contribution in [3.63, 3.8) is 0 Å². The Morgan fingerprint density at radius 3 is 2.36 bits per heavy atom. The minimum atomic E-state index is -0.199. The topological polar surface area (TPSA) is 66.9 Å². The summed E-state index contributed by atoms with van der Waals surface area (Å²) in [5, 5.41) is 6.22. The lowest BCUT2D eigenvalue weighted by molar-refractivity contribution is 0.0946. The molecule has 3 aromatic rings. The number of aromatic nitrogens is 2. The van der Waals surface area contributed by atoms with Crippen LogP contribution in [0.5, 0.6) is 0 Å². The third-order valence-electron chi connectivity index (χ3n) is 3.95. The van der Waals surface area contributed by atoms with Crippen LogP contribution in [0, 0.1) is 13.8 Å². The van der Waals surface area contributed by atoms with Crippen LogP contribution in [0.25, 0.3) is 0 Å². The van der Waals surface area contributed by atoms with Gasteiger partial charge in [0.15, 0.2) is 0 Å². The molecule has 3 rings (SSSR count). The number of hydrogen-bond donors (Lipinski definition) is 2. The van der Waals surface area contributed by atoms with E-state index in [1.54, 1.807) is 24.7 Å². The molecular formula is C20H20N4O. The molecule has 2 heterocycles. The maximum Gasteiger partial charge on any atom is 0.270 e. The highest BCUT2D eigenvalue weighted by Gasteiger charge is 2.08. The van der Waals surface area contributed by atoms with Gasteiger partial charge in [0.1, 0.15) is 5.69 Å². The number of carbonyl (C=O) groups is 1. The number of anilines is 2. The van der Waals surface area contributed by atoms with Crippen molar-refractivity contribution in [1.29, 1.82) is 0 Å². The molecule has 0 unspecified atom stereocenters. The van der Waals surface area contributed by atoms with Crippen LogP contribution in [0.1, 0.15) is 27.2 Å². The van der Waals surface area contributed by atoms with E-state index in [1.807, 2.05) is 24.3 Å². The van der Waals surface area contributed by atoms with Gasteiger partial charge in [-0.2, -0.15) is 0 Å². The largest absolute Gasteiger partial charge is 0.354 e. The first-order chi connectivity index (χ1) is 12.1. The number of carbonyl (C=O) groups excluding carboxylic acids is 1. The van der Waals surface area contributed by atoms with Crippen molar-refractivity contribution in [1.82, 2.24) is 15.3 Å². The minimum absolute atomic E-state index is 0.199. The molecule has 1 aromatic carbocycles. The zero-order valence-corrected chi connectivity index (χ0v) is 14.3. The van der Waals surface area contributed by atoms with Gasteiger partial charge >= 0.3 is 0 Å². The van der Waals surface area contributed by atoms with E-state index in [2.05, 4.69) is 46.6 Å². The molecule has 2 N–H and O–H groups in total. The van der Waals surface area contributed by atoms with Crippen molar-refractivity contribution in [2.24, 2.45) is 0 Å².